The number of carbonyl (C=O) groups is 1. The van der Waals surface area contributed by atoms with Crippen LogP contribution in [0.4, 0.5) is 0 Å². The fraction of sp³-hybridized carbons (Fsp3) is 0.462. The molecule has 0 saturated carbocycles. The van der Waals surface area contributed by atoms with Gasteiger partial charge in [0.2, 0.25) is 0 Å². The Bertz CT molecular complexity index is 458. The lowest BCUT2D eigenvalue weighted by Gasteiger charge is -2.34. The SMILES string of the molecule is CC1(NC(=O)c2cc(Br)ccc2Cl)CCOCC1. The van der Waals surface area contributed by atoms with Gasteiger partial charge in [0, 0.05) is 23.2 Å². The number of amides is 1. The summed E-state index contributed by atoms with van der Waals surface area (Å²) in [6.07, 6.45) is 1.65. The molecule has 5 heteroatoms. The van der Waals surface area contributed by atoms with Gasteiger partial charge in [-0.15, -0.1) is 0 Å². The predicted molar refractivity (Wildman–Crippen MR) is 75.1 cm³/mol. The van der Waals surface area contributed by atoms with E-state index in [0.29, 0.717) is 23.8 Å². The molecule has 1 aromatic carbocycles. The summed E-state index contributed by atoms with van der Waals surface area (Å²) in [5.41, 5.74) is 0.291. The summed E-state index contributed by atoms with van der Waals surface area (Å²) in [4.78, 5) is 12.2. The van der Waals surface area contributed by atoms with Crippen LogP contribution in [0.25, 0.3) is 0 Å². The first-order valence-corrected chi connectivity index (χ1v) is 7.03. The van der Waals surface area contributed by atoms with Crippen molar-refractivity contribution in [3.8, 4) is 0 Å². The van der Waals surface area contributed by atoms with E-state index < -0.39 is 0 Å². The summed E-state index contributed by atoms with van der Waals surface area (Å²) in [5.74, 6) is -0.134. The number of rotatable bonds is 2. The number of benzene rings is 1. The molecule has 0 aromatic heterocycles. The highest BCUT2D eigenvalue weighted by Gasteiger charge is 2.29. The number of hydrogen-bond donors (Lipinski definition) is 1. The molecular formula is C13H15BrClNO2. The molecule has 1 heterocycles. The average Bonchev–Trinajstić information content (AvgIpc) is 2.32. The van der Waals surface area contributed by atoms with Crippen LogP contribution in [0.3, 0.4) is 0 Å². The monoisotopic (exact) mass is 331 g/mol. The molecule has 0 spiro atoms. The second kappa shape index (κ2) is 5.59. The second-order valence-electron chi connectivity index (χ2n) is 4.75. The van der Waals surface area contributed by atoms with Crippen LogP contribution in [-0.2, 0) is 4.74 Å². The van der Waals surface area contributed by atoms with Gasteiger partial charge in [-0.25, -0.2) is 0 Å². The minimum absolute atomic E-state index is 0.134. The molecule has 1 amide bonds. The van der Waals surface area contributed by atoms with Gasteiger partial charge in [0.1, 0.15) is 0 Å². The van der Waals surface area contributed by atoms with Gasteiger partial charge >= 0.3 is 0 Å². The molecule has 1 fully saturated rings. The first kappa shape index (κ1) is 13.8. The number of hydrogen-bond acceptors (Lipinski definition) is 2. The number of nitrogens with one attached hydrogen (secondary N) is 1. The predicted octanol–water partition coefficient (Wildman–Crippen LogP) is 3.40. The molecule has 0 radical (unpaired) electrons. The molecule has 0 bridgehead atoms. The van der Waals surface area contributed by atoms with Gasteiger partial charge < -0.3 is 10.1 Å². The Balaban J connectivity index is 2.14. The maximum atomic E-state index is 12.2. The van der Waals surface area contributed by atoms with E-state index in [-0.39, 0.29) is 11.4 Å². The van der Waals surface area contributed by atoms with E-state index in [1.54, 1.807) is 12.1 Å². The minimum atomic E-state index is -0.207. The first-order chi connectivity index (χ1) is 8.50. The zero-order valence-electron chi connectivity index (χ0n) is 10.1. The van der Waals surface area contributed by atoms with Crippen LogP contribution >= 0.6 is 27.5 Å². The highest BCUT2D eigenvalue weighted by molar-refractivity contribution is 9.10. The van der Waals surface area contributed by atoms with Gasteiger partial charge in [0.25, 0.3) is 5.91 Å². The lowest BCUT2D eigenvalue weighted by Crippen LogP contribution is -2.49. The minimum Gasteiger partial charge on any atom is -0.381 e. The van der Waals surface area contributed by atoms with E-state index in [1.165, 1.54) is 0 Å². The van der Waals surface area contributed by atoms with Gasteiger partial charge in [0.05, 0.1) is 10.6 Å². The number of halogens is 2. The Hall–Kier alpha value is -0.580. The topological polar surface area (TPSA) is 38.3 Å². The standard InChI is InChI=1S/C13H15BrClNO2/c1-13(4-6-18-7-5-13)16-12(17)10-8-9(14)2-3-11(10)15/h2-3,8H,4-7H2,1H3,(H,16,17). The smallest absolute Gasteiger partial charge is 0.253 e. The van der Waals surface area contributed by atoms with Gasteiger partial charge in [-0.05, 0) is 38.0 Å². The van der Waals surface area contributed by atoms with Crippen molar-refractivity contribution in [2.75, 3.05) is 13.2 Å². The highest BCUT2D eigenvalue weighted by atomic mass is 79.9. The molecule has 18 heavy (non-hydrogen) atoms. The molecule has 1 N–H and O–H groups in total. The highest BCUT2D eigenvalue weighted by Crippen LogP contribution is 2.24. The molecule has 3 nitrogen and oxygen atoms in total. The summed E-state index contributed by atoms with van der Waals surface area (Å²) in [6.45, 7) is 3.41. The van der Waals surface area contributed by atoms with Crippen LogP contribution in [0, 0.1) is 0 Å². The Morgan fingerprint density at radius 2 is 2.11 bits per heavy atom. The summed E-state index contributed by atoms with van der Waals surface area (Å²) in [7, 11) is 0. The van der Waals surface area contributed by atoms with Crippen molar-refractivity contribution < 1.29 is 9.53 Å². The van der Waals surface area contributed by atoms with Crippen molar-refractivity contribution in [2.45, 2.75) is 25.3 Å². The molecule has 0 aliphatic carbocycles. The van der Waals surface area contributed by atoms with Crippen molar-refractivity contribution in [1.29, 1.82) is 0 Å². The van der Waals surface area contributed by atoms with E-state index in [1.807, 2.05) is 13.0 Å². The second-order valence-corrected chi connectivity index (χ2v) is 6.07. The van der Waals surface area contributed by atoms with Gasteiger partial charge in [0.15, 0.2) is 0 Å². The zero-order valence-corrected chi connectivity index (χ0v) is 12.5. The van der Waals surface area contributed by atoms with Crippen molar-refractivity contribution in [1.82, 2.24) is 5.32 Å². The maximum Gasteiger partial charge on any atom is 0.253 e. The fourth-order valence-corrected chi connectivity index (χ4v) is 2.52. The van der Waals surface area contributed by atoms with Crippen LogP contribution < -0.4 is 5.32 Å². The molecule has 1 aliphatic rings. The van der Waals surface area contributed by atoms with E-state index in [4.69, 9.17) is 16.3 Å². The Labute approximate surface area is 120 Å². The third-order valence-corrected chi connectivity index (χ3v) is 4.01. The summed E-state index contributed by atoms with van der Waals surface area (Å²) in [5, 5.41) is 3.52. The third kappa shape index (κ3) is 3.25. The van der Waals surface area contributed by atoms with Gasteiger partial charge in [-0.1, -0.05) is 27.5 Å². The summed E-state index contributed by atoms with van der Waals surface area (Å²) >= 11 is 9.39. The van der Waals surface area contributed by atoms with E-state index >= 15 is 0 Å². The number of carbonyl (C=O) groups excluding carboxylic acids is 1. The molecule has 98 valence electrons. The summed E-state index contributed by atoms with van der Waals surface area (Å²) in [6, 6.07) is 5.27. The summed E-state index contributed by atoms with van der Waals surface area (Å²) < 4.78 is 6.15. The Morgan fingerprint density at radius 3 is 2.78 bits per heavy atom. The Kier molecular flexibility index (Phi) is 4.30. The maximum absolute atomic E-state index is 12.2. The van der Waals surface area contributed by atoms with Crippen molar-refractivity contribution in [2.24, 2.45) is 0 Å². The average molecular weight is 333 g/mol. The van der Waals surface area contributed by atoms with E-state index in [2.05, 4.69) is 21.2 Å². The zero-order chi connectivity index (χ0) is 13.2. The van der Waals surface area contributed by atoms with Crippen LogP contribution in [-0.4, -0.2) is 24.7 Å². The van der Waals surface area contributed by atoms with Gasteiger partial charge in [-0.2, -0.15) is 0 Å². The molecule has 2 rings (SSSR count). The normalized spacial score (nSPS) is 18.4. The van der Waals surface area contributed by atoms with Gasteiger partial charge in [-0.3, -0.25) is 4.79 Å². The third-order valence-electron chi connectivity index (χ3n) is 3.18. The van der Waals surface area contributed by atoms with Crippen LogP contribution in [0.1, 0.15) is 30.1 Å². The van der Waals surface area contributed by atoms with E-state index in [9.17, 15) is 4.79 Å². The fourth-order valence-electron chi connectivity index (χ4n) is 1.96. The van der Waals surface area contributed by atoms with Crippen LogP contribution in [0.5, 0.6) is 0 Å². The largest absolute Gasteiger partial charge is 0.381 e. The van der Waals surface area contributed by atoms with Crippen LogP contribution in [0.15, 0.2) is 22.7 Å². The lowest BCUT2D eigenvalue weighted by atomic mass is 9.92. The molecular weight excluding hydrogens is 318 g/mol. The molecule has 1 saturated heterocycles. The first-order valence-electron chi connectivity index (χ1n) is 5.85. The molecule has 0 unspecified atom stereocenters. The van der Waals surface area contributed by atoms with Crippen molar-refractivity contribution >= 4 is 33.4 Å². The van der Waals surface area contributed by atoms with E-state index in [0.717, 1.165) is 17.3 Å². The molecule has 1 aliphatic heterocycles. The molecule has 1 aromatic rings. The van der Waals surface area contributed by atoms with Crippen molar-refractivity contribution in [3.63, 3.8) is 0 Å². The molecule has 0 atom stereocenters. The van der Waals surface area contributed by atoms with Crippen LogP contribution in [0.2, 0.25) is 5.02 Å². The van der Waals surface area contributed by atoms with Crippen molar-refractivity contribution in [3.05, 3.63) is 33.3 Å². The Morgan fingerprint density at radius 1 is 1.44 bits per heavy atom. The number of ether oxygens (including phenoxy) is 1. The lowest BCUT2D eigenvalue weighted by molar-refractivity contribution is 0.0423. The quantitative estimate of drug-likeness (QED) is 0.901.